The Bertz CT molecular complexity index is 345. The van der Waals surface area contributed by atoms with E-state index in [9.17, 15) is 0 Å². The van der Waals surface area contributed by atoms with Crippen molar-refractivity contribution in [2.24, 2.45) is 11.8 Å². The van der Waals surface area contributed by atoms with E-state index < -0.39 is 0 Å². The summed E-state index contributed by atoms with van der Waals surface area (Å²) in [5, 5.41) is 3.47. The zero-order valence-electron chi connectivity index (χ0n) is 11.3. The molecule has 0 radical (unpaired) electrons. The molecule has 0 bridgehead atoms. The molecule has 0 aliphatic heterocycles. The van der Waals surface area contributed by atoms with Crippen LogP contribution in [0.4, 0.5) is 0 Å². The van der Waals surface area contributed by atoms with E-state index in [1.54, 1.807) is 0 Å². The Hall–Kier alpha value is -0.830. The SMILES string of the molecule is CCCNCc1cncn1C1CCC(C)C1C. The molecule has 3 heteroatoms. The van der Waals surface area contributed by atoms with Gasteiger partial charge in [0.25, 0.3) is 0 Å². The van der Waals surface area contributed by atoms with Gasteiger partial charge in [0.15, 0.2) is 0 Å². The summed E-state index contributed by atoms with van der Waals surface area (Å²) in [6.07, 6.45) is 7.87. The van der Waals surface area contributed by atoms with Crippen molar-refractivity contribution in [3.05, 3.63) is 18.2 Å². The fraction of sp³-hybridized carbons (Fsp3) is 0.786. The molecule has 0 spiro atoms. The van der Waals surface area contributed by atoms with Crippen LogP contribution in [-0.4, -0.2) is 16.1 Å². The summed E-state index contributed by atoms with van der Waals surface area (Å²) < 4.78 is 2.40. The molecule has 1 N–H and O–H groups in total. The third-order valence-corrected chi connectivity index (χ3v) is 4.26. The molecule has 1 saturated carbocycles. The van der Waals surface area contributed by atoms with Crippen LogP contribution in [0.25, 0.3) is 0 Å². The van der Waals surface area contributed by atoms with Gasteiger partial charge in [0.05, 0.1) is 12.0 Å². The number of hydrogen-bond acceptors (Lipinski definition) is 2. The standard InChI is InChI=1S/C14H25N3/c1-4-7-15-8-13-9-16-10-17(13)14-6-5-11(2)12(14)3/h9-12,14-15H,4-8H2,1-3H3. The van der Waals surface area contributed by atoms with Gasteiger partial charge >= 0.3 is 0 Å². The zero-order valence-corrected chi connectivity index (χ0v) is 11.3. The lowest BCUT2D eigenvalue weighted by atomic mass is 9.97. The molecule has 17 heavy (non-hydrogen) atoms. The first kappa shape index (κ1) is 12.6. The van der Waals surface area contributed by atoms with Crippen molar-refractivity contribution in [2.75, 3.05) is 6.54 Å². The molecule has 1 heterocycles. The van der Waals surface area contributed by atoms with Crippen LogP contribution < -0.4 is 5.32 Å². The van der Waals surface area contributed by atoms with Crippen molar-refractivity contribution in [2.45, 2.75) is 52.6 Å². The molecule has 0 saturated heterocycles. The number of hydrogen-bond donors (Lipinski definition) is 1. The van der Waals surface area contributed by atoms with Crippen LogP contribution in [0, 0.1) is 11.8 Å². The molecule has 1 aromatic rings. The van der Waals surface area contributed by atoms with Crippen LogP contribution in [0.1, 0.15) is 51.8 Å². The predicted octanol–water partition coefficient (Wildman–Crippen LogP) is 2.99. The van der Waals surface area contributed by atoms with Crippen molar-refractivity contribution in [1.29, 1.82) is 0 Å². The van der Waals surface area contributed by atoms with Crippen LogP contribution >= 0.6 is 0 Å². The smallest absolute Gasteiger partial charge is 0.0951 e. The number of nitrogens with one attached hydrogen (secondary N) is 1. The van der Waals surface area contributed by atoms with E-state index in [0.29, 0.717) is 6.04 Å². The topological polar surface area (TPSA) is 29.9 Å². The maximum absolute atomic E-state index is 4.33. The molecular weight excluding hydrogens is 210 g/mol. The van der Waals surface area contributed by atoms with Gasteiger partial charge in [-0.05, 0) is 37.6 Å². The minimum Gasteiger partial charge on any atom is -0.330 e. The van der Waals surface area contributed by atoms with Crippen molar-refractivity contribution < 1.29 is 0 Å². The van der Waals surface area contributed by atoms with Crippen LogP contribution in [0.2, 0.25) is 0 Å². The largest absolute Gasteiger partial charge is 0.330 e. The molecule has 0 aromatic carbocycles. The minimum absolute atomic E-state index is 0.658. The Morgan fingerprint density at radius 1 is 1.41 bits per heavy atom. The van der Waals surface area contributed by atoms with Gasteiger partial charge in [0, 0.05) is 18.8 Å². The van der Waals surface area contributed by atoms with E-state index in [0.717, 1.165) is 24.9 Å². The summed E-state index contributed by atoms with van der Waals surface area (Å²) in [4.78, 5) is 4.33. The van der Waals surface area contributed by atoms with Crippen molar-refractivity contribution in [3.8, 4) is 0 Å². The normalized spacial score (nSPS) is 28.8. The molecule has 3 unspecified atom stereocenters. The second-order valence-electron chi connectivity index (χ2n) is 5.45. The van der Waals surface area contributed by atoms with E-state index in [2.05, 4.69) is 35.6 Å². The molecule has 1 aliphatic rings. The number of rotatable bonds is 5. The average molecular weight is 235 g/mol. The second kappa shape index (κ2) is 5.67. The van der Waals surface area contributed by atoms with Crippen molar-refractivity contribution in [3.63, 3.8) is 0 Å². The van der Waals surface area contributed by atoms with Gasteiger partial charge in [-0.15, -0.1) is 0 Å². The fourth-order valence-corrected chi connectivity index (χ4v) is 2.89. The van der Waals surface area contributed by atoms with E-state index in [1.807, 2.05) is 12.5 Å². The predicted molar refractivity (Wildman–Crippen MR) is 70.8 cm³/mol. The minimum atomic E-state index is 0.658. The summed E-state index contributed by atoms with van der Waals surface area (Å²) in [5.74, 6) is 1.62. The van der Waals surface area contributed by atoms with Crippen molar-refractivity contribution >= 4 is 0 Å². The maximum atomic E-state index is 4.33. The van der Waals surface area contributed by atoms with Gasteiger partial charge in [0.1, 0.15) is 0 Å². The second-order valence-corrected chi connectivity index (χ2v) is 5.45. The van der Waals surface area contributed by atoms with Gasteiger partial charge in [-0.2, -0.15) is 0 Å². The summed E-state index contributed by atoms with van der Waals surface area (Å²) >= 11 is 0. The van der Waals surface area contributed by atoms with E-state index in [1.165, 1.54) is 25.0 Å². The quantitative estimate of drug-likeness (QED) is 0.795. The molecule has 3 atom stereocenters. The molecule has 1 aliphatic carbocycles. The summed E-state index contributed by atoms with van der Waals surface area (Å²) in [5.41, 5.74) is 1.34. The molecule has 96 valence electrons. The van der Waals surface area contributed by atoms with Crippen LogP contribution in [0.3, 0.4) is 0 Å². The first-order valence-corrected chi connectivity index (χ1v) is 6.95. The number of imidazole rings is 1. The zero-order chi connectivity index (χ0) is 12.3. The molecule has 0 amide bonds. The third kappa shape index (κ3) is 2.71. The third-order valence-electron chi connectivity index (χ3n) is 4.26. The Balaban J connectivity index is 2.03. The van der Waals surface area contributed by atoms with Crippen LogP contribution in [0.5, 0.6) is 0 Å². The highest BCUT2D eigenvalue weighted by molar-refractivity contribution is 5.02. The first-order valence-electron chi connectivity index (χ1n) is 6.95. The van der Waals surface area contributed by atoms with Gasteiger partial charge < -0.3 is 9.88 Å². The van der Waals surface area contributed by atoms with Crippen molar-refractivity contribution in [1.82, 2.24) is 14.9 Å². The first-order chi connectivity index (χ1) is 8.24. The molecule has 2 rings (SSSR count). The lowest BCUT2D eigenvalue weighted by Crippen LogP contribution is -2.20. The van der Waals surface area contributed by atoms with Gasteiger partial charge in [0.2, 0.25) is 0 Å². The van der Waals surface area contributed by atoms with E-state index in [4.69, 9.17) is 0 Å². The summed E-state index contributed by atoms with van der Waals surface area (Å²) in [6.45, 7) is 8.99. The van der Waals surface area contributed by atoms with Gasteiger partial charge in [-0.1, -0.05) is 20.8 Å². The van der Waals surface area contributed by atoms with Crippen LogP contribution in [0.15, 0.2) is 12.5 Å². The van der Waals surface area contributed by atoms with Gasteiger partial charge in [-0.25, -0.2) is 4.98 Å². The Labute approximate surface area is 105 Å². The van der Waals surface area contributed by atoms with E-state index in [-0.39, 0.29) is 0 Å². The number of aromatic nitrogens is 2. The Kier molecular flexibility index (Phi) is 4.21. The average Bonchev–Trinajstić information content (AvgIpc) is 2.89. The van der Waals surface area contributed by atoms with Gasteiger partial charge in [-0.3, -0.25) is 0 Å². The molecule has 3 nitrogen and oxygen atoms in total. The molecular formula is C14H25N3. The lowest BCUT2D eigenvalue weighted by Gasteiger charge is -2.22. The fourth-order valence-electron chi connectivity index (χ4n) is 2.89. The highest BCUT2D eigenvalue weighted by atomic mass is 15.1. The highest BCUT2D eigenvalue weighted by Crippen LogP contribution is 2.40. The molecule has 1 fully saturated rings. The van der Waals surface area contributed by atoms with Crippen LogP contribution in [-0.2, 0) is 6.54 Å². The summed E-state index contributed by atoms with van der Waals surface area (Å²) in [7, 11) is 0. The Morgan fingerprint density at radius 3 is 2.88 bits per heavy atom. The Morgan fingerprint density at radius 2 is 2.24 bits per heavy atom. The molecule has 1 aromatic heterocycles. The monoisotopic (exact) mass is 235 g/mol. The maximum Gasteiger partial charge on any atom is 0.0951 e. The van der Waals surface area contributed by atoms with E-state index >= 15 is 0 Å². The highest BCUT2D eigenvalue weighted by Gasteiger charge is 2.31. The lowest BCUT2D eigenvalue weighted by molar-refractivity contribution is 0.345. The number of nitrogens with zero attached hydrogens (tertiary/aromatic N) is 2. The summed E-state index contributed by atoms with van der Waals surface area (Å²) in [6, 6.07) is 0.658.